The third-order valence-corrected chi connectivity index (χ3v) is 6.34. The number of nitrogens with zero attached hydrogens (tertiary/aromatic N) is 4. The van der Waals surface area contributed by atoms with Gasteiger partial charge in [0, 0.05) is 30.2 Å². The summed E-state index contributed by atoms with van der Waals surface area (Å²) in [5, 5.41) is 4.44. The van der Waals surface area contributed by atoms with Crippen LogP contribution >= 0.6 is 23.4 Å². The highest BCUT2D eigenvalue weighted by Crippen LogP contribution is 2.33. The third-order valence-electron chi connectivity index (χ3n) is 4.86. The molecule has 32 heavy (non-hydrogen) atoms. The van der Waals surface area contributed by atoms with Gasteiger partial charge in [-0.3, -0.25) is 9.78 Å². The normalized spacial score (nSPS) is 12.6. The number of pyridine rings is 1. The largest absolute Gasteiger partial charge is 0.416 e. The van der Waals surface area contributed by atoms with Crippen LogP contribution in [0.15, 0.2) is 55.0 Å². The van der Waals surface area contributed by atoms with Crippen molar-refractivity contribution in [3.8, 4) is 5.69 Å². The molecule has 0 fully saturated rings. The molecular formula is C22H22ClF3N4OS. The minimum Gasteiger partial charge on any atom is -0.308 e. The summed E-state index contributed by atoms with van der Waals surface area (Å²) in [7, 11) is 0. The van der Waals surface area contributed by atoms with Crippen molar-refractivity contribution in [2.75, 3.05) is 17.2 Å². The first-order valence-corrected chi connectivity index (χ1v) is 11.4. The molecule has 2 heterocycles. The van der Waals surface area contributed by atoms with E-state index in [0.717, 1.165) is 23.4 Å². The van der Waals surface area contributed by atoms with E-state index in [2.05, 4.69) is 10.1 Å². The molecule has 1 amide bonds. The Kier molecular flexibility index (Phi) is 7.84. The van der Waals surface area contributed by atoms with Gasteiger partial charge in [-0.05, 0) is 43.7 Å². The number of hydrogen-bond donors (Lipinski definition) is 0. The standard InChI is InChI=1S/C22H22ClF3N4OS/c1-3-29(19-14-30(28-21(19)23)18-5-4-11-27-13-18)20(31)10-12-32-15(2)16-6-8-17(9-7-16)22(24,25)26/h4-9,11,13-15H,3,10,12H2,1-2H3. The Morgan fingerprint density at radius 3 is 2.56 bits per heavy atom. The van der Waals surface area contributed by atoms with Crippen LogP contribution in [0.3, 0.4) is 0 Å². The van der Waals surface area contributed by atoms with Gasteiger partial charge in [0.1, 0.15) is 5.69 Å². The first kappa shape index (κ1) is 24.1. The molecular weight excluding hydrogens is 461 g/mol. The molecule has 0 N–H and O–H groups in total. The number of thioether (sulfide) groups is 1. The molecule has 170 valence electrons. The van der Waals surface area contributed by atoms with Crippen LogP contribution in [0.4, 0.5) is 18.9 Å². The smallest absolute Gasteiger partial charge is 0.308 e. The maximum atomic E-state index is 12.8. The molecule has 0 aliphatic rings. The molecule has 5 nitrogen and oxygen atoms in total. The van der Waals surface area contributed by atoms with E-state index in [1.807, 2.05) is 19.9 Å². The number of carbonyl (C=O) groups is 1. The van der Waals surface area contributed by atoms with Crippen molar-refractivity contribution < 1.29 is 18.0 Å². The van der Waals surface area contributed by atoms with Crippen LogP contribution in [0.1, 0.15) is 36.6 Å². The molecule has 3 aromatic rings. The van der Waals surface area contributed by atoms with Crippen molar-refractivity contribution in [2.24, 2.45) is 0 Å². The summed E-state index contributed by atoms with van der Waals surface area (Å²) >= 11 is 7.80. The molecule has 1 aromatic carbocycles. The van der Waals surface area contributed by atoms with Gasteiger partial charge in [-0.1, -0.05) is 23.7 Å². The second-order valence-corrected chi connectivity index (χ2v) is 8.79. The molecule has 0 aliphatic carbocycles. The summed E-state index contributed by atoms with van der Waals surface area (Å²) in [6.07, 6.45) is 0.902. The third kappa shape index (κ3) is 5.83. The molecule has 0 saturated heterocycles. The summed E-state index contributed by atoms with van der Waals surface area (Å²) in [6.45, 7) is 4.19. The van der Waals surface area contributed by atoms with E-state index >= 15 is 0 Å². The maximum Gasteiger partial charge on any atom is 0.416 e. The zero-order valence-corrected chi connectivity index (χ0v) is 19.1. The monoisotopic (exact) mass is 482 g/mol. The average Bonchev–Trinajstić information content (AvgIpc) is 3.15. The number of carbonyl (C=O) groups excluding carboxylic acids is 1. The molecule has 2 aromatic heterocycles. The number of benzene rings is 1. The highest BCUT2D eigenvalue weighted by atomic mass is 35.5. The molecule has 0 saturated carbocycles. The van der Waals surface area contributed by atoms with Crippen LogP contribution in [0, 0.1) is 0 Å². The van der Waals surface area contributed by atoms with Crippen molar-refractivity contribution in [2.45, 2.75) is 31.7 Å². The van der Waals surface area contributed by atoms with E-state index in [4.69, 9.17) is 11.6 Å². The lowest BCUT2D eigenvalue weighted by atomic mass is 10.1. The molecule has 1 unspecified atom stereocenters. The van der Waals surface area contributed by atoms with Gasteiger partial charge in [0.2, 0.25) is 5.91 Å². The van der Waals surface area contributed by atoms with Gasteiger partial charge in [0.25, 0.3) is 0 Å². The fraction of sp³-hybridized carbons (Fsp3) is 0.318. The Labute approximate surface area is 193 Å². The molecule has 0 radical (unpaired) electrons. The zero-order chi connectivity index (χ0) is 23.3. The van der Waals surface area contributed by atoms with Gasteiger partial charge in [-0.25, -0.2) is 4.68 Å². The number of anilines is 1. The lowest BCUT2D eigenvalue weighted by Gasteiger charge is -2.20. The van der Waals surface area contributed by atoms with Gasteiger partial charge in [-0.15, -0.1) is 0 Å². The summed E-state index contributed by atoms with van der Waals surface area (Å²) in [5.74, 6) is 0.415. The van der Waals surface area contributed by atoms with E-state index in [1.165, 1.54) is 23.9 Å². The van der Waals surface area contributed by atoms with Gasteiger partial charge >= 0.3 is 6.18 Å². The number of hydrogen-bond acceptors (Lipinski definition) is 4. The van der Waals surface area contributed by atoms with Crippen molar-refractivity contribution in [3.05, 3.63) is 71.3 Å². The average molecular weight is 483 g/mol. The molecule has 3 rings (SSSR count). The zero-order valence-electron chi connectivity index (χ0n) is 17.5. The number of rotatable bonds is 8. The summed E-state index contributed by atoms with van der Waals surface area (Å²) in [6, 6.07) is 8.73. The topological polar surface area (TPSA) is 51.0 Å². The number of halogens is 4. The minimum atomic E-state index is -4.35. The van der Waals surface area contributed by atoms with Crippen LogP contribution in [0.25, 0.3) is 5.69 Å². The number of aromatic nitrogens is 3. The van der Waals surface area contributed by atoms with E-state index in [-0.39, 0.29) is 22.7 Å². The number of alkyl halides is 3. The highest BCUT2D eigenvalue weighted by Gasteiger charge is 2.30. The van der Waals surface area contributed by atoms with Gasteiger partial charge in [-0.2, -0.15) is 30.0 Å². The fourth-order valence-electron chi connectivity index (χ4n) is 3.12. The maximum absolute atomic E-state index is 12.8. The Morgan fingerprint density at radius 1 is 1.25 bits per heavy atom. The van der Waals surface area contributed by atoms with E-state index in [0.29, 0.717) is 18.0 Å². The van der Waals surface area contributed by atoms with Crippen molar-refractivity contribution in [1.82, 2.24) is 14.8 Å². The van der Waals surface area contributed by atoms with Crippen LogP contribution in [0.2, 0.25) is 5.15 Å². The SMILES string of the molecule is CCN(C(=O)CCSC(C)c1ccc(C(F)(F)F)cc1)c1cn(-c2cccnc2)nc1Cl. The first-order chi connectivity index (χ1) is 15.2. The van der Waals surface area contributed by atoms with Gasteiger partial charge < -0.3 is 4.90 Å². The molecule has 10 heteroatoms. The van der Waals surface area contributed by atoms with Crippen molar-refractivity contribution in [3.63, 3.8) is 0 Å². The Balaban J connectivity index is 1.59. The van der Waals surface area contributed by atoms with Crippen LogP contribution in [-0.4, -0.2) is 33.0 Å². The predicted molar refractivity (Wildman–Crippen MR) is 121 cm³/mol. The Bertz CT molecular complexity index is 1040. The fourth-order valence-corrected chi connectivity index (χ4v) is 4.35. The predicted octanol–water partition coefficient (Wildman–Crippen LogP) is 6.18. The summed E-state index contributed by atoms with van der Waals surface area (Å²) in [4.78, 5) is 18.5. The van der Waals surface area contributed by atoms with Gasteiger partial charge in [0.15, 0.2) is 5.15 Å². The van der Waals surface area contributed by atoms with Crippen LogP contribution in [-0.2, 0) is 11.0 Å². The van der Waals surface area contributed by atoms with Crippen LogP contribution < -0.4 is 4.90 Å². The van der Waals surface area contributed by atoms with Crippen LogP contribution in [0.5, 0.6) is 0 Å². The lowest BCUT2D eigenvalue weighted by molar-refractivity contribution is -0.137. The minimum absolute atomic E-state index is 0.0444. The molecule has 1 atom stereocenters. The van der Waals surface area contributed by atoms with E-state index in [1.54, 1.807) is 34.2 Å². The van der Waals surface area contributed by atoms with Gasteiger partial charge in [0.05, 0.1) is 23.6 Å². The van der Waals surface area contributed by atoms with E-state index < -0.39 is 11.7 Å². The Hall–Kier alpha value is -2.52. The molecule has 0 spiro atoms. The Morgan fingerprint density at radius 2 is 1.97 bits per heavy atom. The van der Waals surface area contributed by atoms with Crippen molar-refractivity contribution in [1.29, 1.82) is 0 Å². The van der Waals surface area contributed by atoms with E-state index in [9.17, 15) is 18.0 Å². The number of amides is 1. The quantitative estimate of drug-likeness (QED) is 0.385. The highest BCUT2D eigenvalue weighted by molar-refractivity contribution is 7.99. The first-order valence-electron chi connectivity index (χ1n) is 9.95. The summed E-state index contributed by atoms with van der Waals surface area (Å²) in [5.41, 5.74) is 1.35. The second-order valence-electron chi connectivity index (χ2n) is 6.98. The lowest BCUT2D eigenvalue weighted by Crippen LogP contribution is -2.30. The molecule has 0 bridgehead atoms. The van der Waals surface area contributed by atoms with Crippen molar-refractivity contribution >= 4 is 35.0 Å². The summed E-state index contributed by atoms with van der Waals surface area (Å²) < 4.78 is 39.7. The molecule has 0 aliphatic heterocycles. The second kappa shape index (κ2) is 10.4.